The lowest BCUT2D eigenvalue weighted by Crippen LogP contribution is -2.29. The summed E-state index contributed by atoms with van der Waals surface area (Å²) in [5, 5.41) is 0. The van der Waals surface area contributed by atoms with Crippen LogP contribution in [0, 0.1) is 5.82 Å². The van der Waals surface area contributed by atoms with Gasteiger partial charge >= 0.3 is 0 Å². The molecule has 0 aliphatic carbocycles. The van der Waals surface area contributed by atoms with Gasteiger partial charge < -0.3 is 9.47 Å². The molecule has 2 aromatic carbocycles. The zero-order chi connectivity index (χ0) is 15.1. The molecule has 0 amide bonds. The number of nitrogens with two attached hydrogens (primary N) is 1. The van der Waals surface area contributed by atoms with E-state index in [1.807, 2.05) is 30.3 Å². The third-order valence-corrected chi connectivity index (χ3v) is 3.19. The van der Waals surface area contributed by atoms with Crippen molar-refractivity contribution in [1.82, 2.24) is 5.43 Å². The minimum absolute atomic E-state index is 0.251. The molecule has 0 saturated carbocycles. The summed E-state index contributed by atoms with van der Waals surface area (Å²) in [4.78, 5) is 0. The summed E-state index contributed by atoms with van der Waals surface area (Å²) in [6.07, 6.45) is 0.588. The fourth-order valence-corrected chi connectivity index (χ4v) is 2.12. The summed E-state index contributed by atoms with van der Waals surface area (Å²) in [5.74, 6) is 6.64. The first-order chi connectivity index (χ1) is 10.2. The van der Waals surface area contributed by atoms with Crippen molar-refractivity contribution in [2.45, 2.75) is 12.5 Å². The van der Waals surface area contributed by atoms with E-state index in [9.17, 15) is 4.39 Å². The monoisotopic (exact) mass is 290 g/mol. The zero-order valence-corrected chi connectivity index (χ0v) is 11.9. The van der Waals surface area contributed by atoms with Crippen LogP contribution in [0.2, 0.25) is 0 Å². The van der Waals surface area contributed by atoms with Gasteiger partial charge in [-0.2, -0.15) is 0 Å². The molecule has 0 aliphatic rings. The second-order valence-electron chi connectivity index (χ2n) is 4.56. The van der Waals surface area contributed by atoms with Crippen molar-refractivity contribution in [3.05, 3.63) is 59.9 Å². The highest BCUT2D eigenvalue weighted by atomic mass is 19.1. The van der Waals surface area contributed by atoms with E-state index in [-0.39, 0.29) is 11.9 Å². The predicted octanol–water partition coefficient (Wildman–Crippen LogP) is 2.81. The zero-order valence-electron chi connectivity index (χ0n) is 11.9. The smallest absolute Gasteiger partial charge is 0.123 e. The number of nitrogens with one attached hydrogen (secondary N) is 1. The number of para-hydroxylation sites is 1. The van der Waals surface area contributed by atoms with Crippen LogP contribution in [0.5, 0.6) is 11.5 Å². The van der Waals surface area contributed by atoms with Crippen molar-refractivity contribution < 1.29 is 13.9 Å². The Morgan fingerprint density at radius 1 is 1.19 bits per heavy atom. The first kappa shape index (κ1) is 15.3. The minimum atomic E-state index is -0.324. The fourth-order valence-electron chi connectivity index (χ4n) is 2.12. The van der Waals surface area contributed by atoms with Crippen LogP contribution in [-0.2, 0) is 0 Å². The Bertz CT molecular complexity index is 563. The van der Waals surface area contributed by atoms with Gasteiger partial charge in [-0.1, -0.05) is 18.2 Å². The molecule has 2 rings (SSSR count). The van der Waals surface area contributed by atoms with Crippen molar-refractivity contribution in [3.63, 3.8) is 0 Å². The molecular weight excluding hydrogens is 271 g/mol. The molecule has 5 heteroatoms. The third kappa shape index (κ3) is 4.18. The molecule has 2 aromatic rings. The van der Waals surface area contributed by atoms with E-state index in [4.69, 9.17) is 15.3 Å². The van der Waals surface area contributed by atoms with Gasteiger partial charge in [-0.3, -0.25) is 11.3 Å². The molecule has 0 heterocycles. The molecule has 1 unspecified atom stereocenters. The minimum Gasteiger partial charge on any atom is -0.496 e. The molecule has 3 N–H and O–H groups in total. The molecular formula is C16H19FN2O2. The molecule has 0 bridgehead atoms. The van der Waals surface area contributed by atoms with Gasteiger partial charge in [0.2, 0.25) is 0 Å². The number of halogens is 1. The van der Waals surface area contributed by atoms with Gasteiger partial charge in [-0.15, -0.1) is 0 Å². The van der Waals surface area contributed by atoms with E-state index in [1.54, 1.807) is 13.2 Å². The van der Waals surface area contributed by atoms with Gasteiger partial charge in [-0.05, 0) is 30.3 Å². The van der Waals surface area contributed by atoms with E-state index in [0.29, 0.717) is 24.3 Å². The third-order valence-electron chi connectivity index (χ3n) is 3.19. The number of benzene rings is 2. The Kier molecular flexibility index (Phi) is 5.54. The Labute approximate surface area is 123 Å². The van der Waals surface area contributed by atoms with Gasteiger partial charge in [0, 0.05) is 12.0 Å². The molecule has 0 aliphatic heterocycles. The van der Waals surface area contributed by atoms with E-state index in [0.717, 1.165) is 5.75 Å². The summed E-state index contributed by atoms with van der Waals surface area (Å²) in [6, 6.07) is 13.6. The first-order valence-corrected chi connectivity index (χ1v) is 6.72. The molecule has 1 atom stereocenters. The van der Waals surface area contributed by atoms with Crippen LogP contribution in [0.1, 0.15) is 18.0 Å². The highest BCUT2D eigenvalue weighted by Gasteiger charge is 2.16. The maximum atomic E-state index is 13.4. The van der Waals surface area contributed by atoms with Crippen LogP contribution in [0.25, 0.3) is 0 Å². The molecule has 0 fully saturated rings. The Morgan fingerprint density at radius 2 is 1.95 bits per heavy atom. The van der Waals surface area contributed by atoms with Gasteiger partial charge in [-0.25, -0.2) is 4.39 Å². The van der Waals surface area contributed by atoms with E-state index in [2.05, 4.69) is 5.43 Å². The largest absolute Gasteiger partial charge is 0.496 e. The quantitative estimate of drug-likeness (QED) is 0.608. The van der Waals surface area contributed by atoms with Gasteiger partial charge in [0.1, 0.15) is 17.3 Å². The average molecular weight is 290 g/mol. The summed E-state index contributed by atoms with van der Waals surface area (Å²) < 4.78 is 24.3. The lowest BCUT2D eigenvalue weighted by Gasteiger charge is -2.19. The predicted molar refractivity (Wildman–Crippen MR) is 79.6 cm³/mol. The maximum absolute atomic E-state index is 13.4. The van der Waals surface area contributed by atoms with Crippen molar-refractivity contribution in [2.75, 3.05) is 13.7 Å². The van der Waals surface area contributed by atoms with Crippen molar-refractivity contribution >= 4 is 0 Å². The summed E-state index contributed by atoms with van der Waals surface area (Å²) in [7, 11) is 1.55. The SMILES string of the molecule is COc1ccc(F)cc1C(CCOc1ccccc1)NN. The second-order valence-corrected chi connectivity index (χ2v) is 4.56. The lowest BCUT2D eigenvalue weighted by molar-refractivity contribution is 0.284. The van der Waals surface area contributed by atoms with Crippen molar-refractivity contribution in [2.24, 2.45) is 5.84 Å². The maximum Gasteiger partial charge on any atom is 0.123 e. The van der Waals surface area contributed by atoms with Crippen LogP contribution in [-0.4, -0.2) is 13.7 Å². The Morgan fingerprint density at radius 3 is 2.62 bits per heavy atom. The van der Waals surface area contributed by atoms with Crippen LogP contribution in [0.15, 0.2) is 48.5 Å². The standard InChI is InChI=1S/C16H19FN2O2/c1-20-16-8-7-12(17)11-14(16)15(19-18)9-10-21-13-5-3-2-4-6-13/h2-8,11,15,19H,9-10,18H2,1H3. The number of methoxy groups -OCH3 is 1. The summed E-state index contributed by atoms with van der Waals surface area (Å²) in [5.41, 5.74) is 3.36. The molecule has 112 valence electrons. The summed E-state index contributed by atoms with van der Waals surface area (Å²) >= 11 is 0. The number of rotatable bonds is 7. The van der Waals surface area contributed by atoms with Gasteiger partial charge in [0.05, 0.1) is 19.8 Å². The van der Waals surface area contributed by atoms with Crippen LogP contribution >= 0.6 is 0 Å². The Balaban J connectivity index is 2.01. The average Bonchev–Trinajstić information content (AvgIpc) is 2.52. The van der Waals surface area contributed by atoms with E-state index >= 15 is 0 Å². The molecule has 0 aromatic heterocycles. The summed E-state index contributed by atoms with van der Waals surface area (Å²) in [6.45, 7) is 0.457. The molecule has 4 nitrogen and oxygen atoms in total. The van der Waals surface area contributed by atoms with Gasteiger partial charge in [0.15, 0.2) is 0 Å². The number of hydrogen-bond acceptors (Lipinski definition) is 4. The van der Waals surface area contributed by atoms with Crippen molar-refractivity contribution in [3.8, 4) is 11.5 Å². The second kappa shape index (κ2) is 7.61. The molecule has 21 heavy (non-hydrogen) atoms. The molecule has 0 radical (unpaired) electrons. The van der Waals surface area contributed by atoms with E-state index in [1.165, 1.54) is 12.1 Å². The topological polar surface area (TPSA) is 56.5 Å². The number of hydrogen-bond donors (Lipinski definition) is 2. The Hall–Kier alpha value is -2.11. The van der Waals surface area contributed by atoms with E-state index < -0.39 is 0 Å². The van der Waals surface area contributed by atoms with Crippen LogP contribution in [0.3, 0.4) is 0 Å². The first-order valence-electron chi connectivity index (χ1n) is 6.72. The van der Waals surface area contributed by atoms with Crippen molar-refractivity contribution in [1.29, 1.82) is 0 Å². The fraction of sp³-hybridized carbons (Fsp3) is 0.250. The molecule has 0 saturated heterocycles. The van der Waals surface area contributed by atoms with Crippen LogP contribution < -0.4 is 20.7 Å². The van der Waals surface area contributed by atoms with Gasteiger partial charge in [0.25, 0.3) is 0 Å². The number of ether oxygens (including phenoxy) is 2. The molecule has 0 spiro atoms. The highest BCUT2D eigenvalue weighted by molar-refractivity contribution is 5.36. The highest BCUT2D eigenvalue weighted by Crippen LogP contribution is 2.27. The number of hydrazine groups is 1. The lowest BCUT2D eigenvalue weighted by atomic mass is 10.0. The normalized spacial score (nSPS) is 12.0. The van der Waals surface area contributed by atoms with Crippen LogP contribution in [0.4, 0.5) is 4.39 Å².